The Morgan fingerprint density at radius 2 is 2.05 bits per heavy atom. The number of amides is 1. The van der Waals surface area contributed by atoms with Crippen molar-refractivity contribution in [3.05, 3.63) is 23.0 Å². The van der Waals surface area contributed by atoms with Gasteiger partial charge < -0.3 is 10.0 Å². The minimum absolute atomic E-state index is 0.0306. The van der Waals surface area contributed by atoms with E-state index in [0.717, 1.165) is 0 Å². The van der Waals surface area contributed by atoms with Gasteiger partial charge in [-0.3, -0.25) is 9.59 Å². The van der Waals surface area contributed by atoms with Crippen molar-refractivity contribution < 1.29 is 14.7 Å². The highest BCUT2D eigenvalue weighted by Gasteiger charge is 2.20. The monoisotopic (exact) mass is 285 g/mol. The number of carbonyl (C=O) groups is 2. The molecular weight excluding hydrogens is 270 g/mol. The Kier molecular flexibility index (Phi) is 5.69. The predicted molar refractivity (Wildman–Crippen MR) is 70.1 cm³/mol. The number of halogens is 1. The van der Waals surface area contributed by atoms with Gasteiger partial charge >= 0.3 is 5.97 Å². The van der Waals surface area contributed by atoms with Gasteiger partial charge in [0, 0.05) is 19.0 Å². The van der Waals surface area contributed by atoms with Crippen molar-refractivity contribution >= 4 is 23.5 Å². The number of aliphatic carboxylic acids is 1. The molecular formula is C12H16ClN3O3. The van der Waals surface area contributed by atoms with E-state index in [0.29, 0.717) is 13.0 Å². The van der Waals surface area contributed by atoms with Crippen molar-refractivity contribution in [3.8, 4) is 0 Å². The Labute approximate surface area is 116 Å². The van der Waals surface area contributed by atoms with Crippen molar-refractivity contribution in [3.63, 3.8) is 0 Å². The smallest absolute Gasteiger partial charge is 0.303 e. The molecule has 104 valence electrons. The van der Waals surface area contributed by atoms with Crippen LogP contribution >= 0.6 is 11.6 Å². The molecule has 0 fully saturated rings. The van der Waals surface area contributed by atoms with Gasteiger partial charge in [-0.05, 0) is 32.4 Å². The zero-order valence-corrected chi connectivity index (χ0v) is 11.6. The summed E-state index contributed by atoms with van der Waals surface area (Å²) in [6, 6.07) is 2.96. The molecule has 0 unspecified atom stereocenters. The molecule has 0 aromatic carbocycles. The van der Waals surface area contributed by atoms with Gasteiger partial charge in [-0.15, -0.1) is 10.2 Å². The molecule has 1 heterocycles. The molecule has 0 spiro atoms. The second-order valence-electron chi connectivity index (χ2n) is 4.33. The summed E-state index contributed by atoms with van der Waals surface area (Å²) in [6.45, 7) is 4.09. The molecule has 1 rings (SSSR count). The summed E-state index contributed by atoms with van der Waals surface area (Å²) < 4.78 is 0. The quantitative estimate of drug-likeness (QED) is 0.862. The molecule has 0 saturated carbocycles. The molecule has 0 atom stereocenters. The highest BCUT2D eigenvalue weighted by molar-refractivity contribution is 6.29. The number of nitrogens with zero attached hydrogens (tertiary/aromatic N) is 3. The maximum Gasteiger partial charge on any atom is 0.303 e. The van der Waals surface area contributed by atoms with Crippen molar-refractivity contribution in [1.82, 2.24) is 15.1 Å². The first-order chi connectivity index (χ1) is 8.91. The number of carboxylic acid groups (broad SMARTS) is 1. The molecule has 0 aliphatic heterocycles. The van der Waals surface area contributed by atoms with Crippen LogP contribution in [-0.4, -0.2) is 44.7 Å². The van der Waals surface area contributed by atoms with Crippen LogP contribution in [0.3, 0.4) is 0 Å². The first kappa shape index (κ1) is 15.4. The normalized spacial score (nSPS) is 10.5. The van der Waals surface area contributed by atoms with Crippen LogP contribution in [0.4, 0.5) is 0 Å². The largest absolute Gasteiger partial charge is 0.481 e. The van der Waals surface area contributed by atoms with Gasteiger partial charge in [-0.25, -0.2) is 0 Å². The number of carboxylic acids is 1. The Bertz CT molecular complexity index is 448. The zero-order chi connectivity index (χ0) is 14.4. The Balaban J connectivity index is 2.72. The summed E-state index contributed by atoms with van der Waals surface area (Å²) in [7, 11) is 0. The second-order valence-corrected chi connectivity index (χ2v) is 4.72. The third-order valence-corrected chi connectivity index (χ3v) is 2.73. The molecule has 6 nitrogen and oxygen atoms in total. The fourth-order valence-electron chi connectivity index (χ4n) is 1.57. The van der Waals surface area contributed by atoms with Gasteiger partial charge in [0.1, 0.15) is 0 Å². The molecule has 0 bridgehead atoms. The molecule has 1 N–H and O–H groups in total. The molecule has 19 heavy (non-hydrogen) atoms. The van der Waals surface area contributed by atoms with E-state index in [4.69, 9.17) is 16.7 Å². The Hall–Kier alpha value is -1.69. The van der Waals surface area contributed by atoms with Crippen LogP contribution in [0.25, 0.3) is 0 Å². The minimum atomic E-state index is -0.873. The second kappa shape index (κ2) is 7.04. The number of carbonyl (C=O) groups excluding carboxylic acids is 1. The predicted octanol–water partition coefficient (Wildman–Crippen LogP) is 1.85. The number of aromatic nitrogens is 2. The Morgan fingerprint density at radius 3 is 2.53 bits per heavy atom. The lowest BCUT2D eigenvalue weighted by Crippen LogP contribution is -2.38. The van der Waals surface area contributed by atoms with Crippen LogP contribution in [-0.2, 0) is 4.79 Å². The number of hydrogen-bond donors (Lipinski definition) is 1. The van der Waals surface area contributed by atoms with E-state index in [1.54, 1.807) is 4.90 Å². The van der Waals surface area contributed by atoms with Crippen molar-refractivity contribution in [2.24, 2.45) is 0 Å². The van der Waals surface area contributed by atoms with Crippen molar-refractivity contribution in [2.45, 2.75) is 32.7 Å². The van der Waals surface area contributed by atoms with Gasteiger partial charge in [0.15, 0.2) is 10.8 Å². The highest BCUT2D eigenvalue weighted by atomic mass is 35.5. The molecule has 0 saturated heterocycles. The minimum Gasteiger partial charge on any atom is -0.481 e. The van der Waals surface area contributed by atoms with E-state index in [2.05, 4.69) is 10.2 Å². The first-order valence-corrected chi connectivity index (χ1v) is 6.31. The topological polar surface area (TPSA) is 83.4 Å². The van der Waals surface area contributed by atoms with E-state index in [9.17, 15) is 9.59 Å². The standard InChI is InChI=1S/C12H16ClN3O3/c1-8(2)16(7-3-4-11(17)18)12(19)9-5-6-10(13)15-14-9/h5-6,8H,3-4,7H2,1-2H3,(H,17,18). The van der Waals surface area contributed by atoms with Crippen LogP contribution in [0.15, 0.2) is 12.1 Å². The van der Waals surface area contributed by atoms with E-state index < -0.39 is 5.97 Å². The SMILES string of the molecule is CC(C)N(CCCC(=O)O)C(=O)c1ccc(Cl)nn1. The van der Waals surface area contributed by atoms with Crippen molar-refractivity contribution in [2.75, 3.05) is 6.54 Å². The van der Waals surface area contributed by atoms with E-state index in [1.165, 1.54) is 12.1 Å². The number of rotatable bonds is 6. The third kappa shape index (κ3) is 4.82. The Morgan fingerprint density at radius 1 is 1.37 bits per heavy atom. The molecule has 1 amide bonds. The highest BCUT2D eigenvalue weighted by Crippen LogP contribution is 2.09. The van der Waals surface area contributed by atoms with Gasteiger partial charge in [0.05, 0.1) is 0 Å². The molecule has 1 aromatic heterocycles. The average Bonchev–Trinajstić information content (AvgIpc) is 2.34. The van der Waals surface area contributed by atoms with Gasteiger partial charge in [-0.2, -0.15) is 0 Å². The average molecular weight is 286 g/mol. The van der Waals surface area contributed by atoms with Crippen molar-refractivity contribution in [1.29, 1.82) is 0 Å². The fraction of sp³-hybridized carbons (Fsp3) is 0.500. The van der Waals surface area contributed by atoms with Gasteiger partial charge in [0.25, 0.3) is 5.91 Å². The van der Waals surface area contributed by atoms with Crippen LogP contribution in [0.2, 0.25) is 5.15 Å². The van der Waals surface area contributed by atoms with E-state index >= 15 is 0 Å². The van der Waals surface area contributed by atoms with Gasteiger partial charge in [0.2, 0.25) is 0 Å². The summed E-state index contributed by atoms with van der Waals surface area (Å²) in [6.07, 6.45) is 0.434. The van der Waals surface area contributed by atoms with Crippen LogP contribution in [0.1, 0.15) is 37.2 Å². The maximum absolute atomic E-state index is 12.2. The van der Waals surface area contributed by atoms with Crippen LogP contribution < -0.4 is 0 Å². The van der Waals surface area contributed by atoms with Crippen LogP contribution in [0.5, 0.6) is 0 Å². The summed E-state index contributed by atoms with van der Waals surface area (Å²) in [5.74, 6) is -1.15. The summed E-state index contributed by atoms with van der Waals surface area (Å²) in [4.78, 5) is 24.3. The van der Waals surface area contributed by atoms with Gasteiger partial charge in [-0.1, -0.05) is 11.6 Å². The molecule has 0 radical (unpaired) electrons. The fourth-order valence-corrected chi connectivity index (χ4v) is 1.67. The van der Waals surface area contributed by atoms with Crippen LogP contribution in [0, 0.1) is 0 Å². The first-order valence-electron chi connectivity index (χ1n) is 5.94. The summed E-state index contributed by atoms with van der Waals surface area (Å²) in [5.41, 5.74) is 0.202. The molecule has 0 aliphatic carbocycles. The van der Waals surface area contributed by atoms with E-state index in [1.807, 2.05) is 13.8 Å². The third-order valence-electron chi connectivity index (χ3n) is 2.52. The molecule has 0 aliphatic rings. The maximum atomic E-state index is 12.2. The molecule has 1 aromatic rings. The summed E-state index contributed by atoms with van der Waals surface area (Å²) in [5, 5.41) is 16.2. The lowest BCUT2D eigenvalue weighted by molar-refractivity contribution is -0.137. The van der Waals surface area contributed by atoms with E-state index in [-0.39, 0.29) is 29.2 Å². The summed E-state index contributed by atoms with van der Waals surface area (Å²) >= 11 is 5.61. The number of hydrogen-bond acceptors (Lipinski definition) is 4. The zero-order valence-electron chi connectivity index (χ0n) is 10.8. The lowest BCUT2D eigenvalue weighted by Gasteiger charge is -2.26. The molecule has 7 heteroatoms. The lowest BCUT2D eigenvalue weighted by atomic mass is 10.2.